The summed E-state index contributed by atoms with van der Waals surface area (Å²) in [5, 5.41) is 20.2. The number of anilines is 1. The van der Waals surface area contributed by atoms with Crippen LogP contribution < -0.4 is 4.90 Å². The van der Waals surface area contributed by atoms with Crippen molar-refractivity contribution in [1.82, 2.24) is 0 Å². The summed E-state index contributed by atoms with van der Waals surface area (Å²) in [5.41, 5.74) is 0.368. The number of nitro groups is 1. The maximum Gasteiger partial charge on any atom is 0.335 e. The van der Waals surface area contributed by atoms with Crippen LogP contribution in [0.2, 0.25) is 0 Å². The Kier molecular flexibility index (Phi) is 4.74. The number of hydrogen-bond acceptors (Lipinski definition) is 5. The van der Waals surface area contributed by atoms with Crippen LogP contribution in [-0.2, 0) is 4.74 Å². The van der Waals surface area contributed by atoms with Crippen LogP contribution in [0.5, 0.6) is 0 Å². The number of hydrogen-bond donors (Lipinski definition) is 1. The fourth-order valence-electron chi connectivity index (χ4n) is 2.56. The van der Waals surface area contributed by atoms with E-state index < -0.39 is 10.9 Å². The van der Waals surface area contributed by atoms with Gasteiger partial charge in [-0.1, -0.05) is 0 Å². The molecule has 7 nitrogen and oxygen atoms in total. The predicted octanol–water partition coefficient (Wildman–Crippen LogP) is 2.30. The third-order valence-electron chi connectivity index (χ3n) is 3.60. The fraction of sp³-hybridized carbons (Fsp3) is 0.500. The molecule has 1 saturated heterocycles. The first-order valence-electron chi connectivity index (χ1n) is 6.91. The molecule has 1 heterocycles. The summed E-state index contributed by atoms with van der Waals surface area (Å²) in [6.45, 7) is 3.83. The van der Waals surface area contributed by atoms with Crippen molar-refractivity contribution in [3.05, 3.63) is 33.9 Å². The topological polar surface area (TPSA) is 92.9 Å². The summed E-state index contributed by atoms with van der Waals surface area (Å²) in [4.78, 5) is 23.5. The average Bonchev–Trinajstić information content (AvgIpc) is 2.47. The zero-order valence-electron chi connectivity index (χ0n) is 11.8. The lowest BCUT2D eigenvalue weighted by atomic mass is 10.1. The molecule has 1 aromatic carbocycles. The van der Waals surface area contributed by atoms with Gasteiger partial charge in [-0.2, -0.15) is 0 Å². The molecule has 2 rings (SSSR count). The van der Waals surface area contributed by atoms with Crippen molar-refractivity contribution in [2.45, 2.75) is 25.9 Å². The zero-order valence-corrected chi connectivity index (χ0v) is 11.8. The monoisotopic (exact) mass is 294 g/mol. The molecule has 0 unspecified atom stereocenters. The largest absolute Gasteiger partial charge is 0.478 e. The fourth-order valence-corrected chi connectivity index (χ4v) is 2.56. The van der Waals surface area contributed by atoms with Crippen molar-refractivity contribution in [2.75, 3.05) is 24.6 Å². The van der Waals surface area contributed by atoms with Crippen molar-refractivity contribution in [2.24, 2.45) is 0 Å². The highest BCUT2D eigenvalue weighted by atomic mass is 16.6. The van der Waals surface area contributed by atoms with Gasteiger partial charge in [-0.15, -0.1) is 0 Å². The molecule has 0 aliphatic carbocycles. The molecule has 0 bridgehead atoms. The van der Waals surface area contributed by atoms with Gasteiger partial charge >= 0.3 is 5.97 Å². The van der Waals surface area contributed by atoms with Gasteiger partial charge in [0.2, 0.25) is 0 Å². The first-order valence-corrected chi connectivity index (χ1v) is 6.91. The van der Waals surface area contributed by atoms with E-state index in [0.717, 1.165) is 12.8 Å². The molecule has 0 aromatic heterocycles. The van der Waals surface area contributed by atoms with Gasteiger partial charge < -0.3 is 14.7 Å². The number of rotatable bonds is 5. The standard InChI is InChI=1S/C14H18N2O5/c1-2-21-11-5-7-15(8-6-11)13-9-10(14(17)18)3-4-12(13)16(19)20/h3-4,9,11H,2,5-8H2,1H3,(H,17,18). The molecule has 1 fully saturated rings. The number of piperidine rings is 1. The third-order valence-corrected chi connectivity index (χ3v) is 3.60. The number of carbonyl (C=O) groups is 1. The molecule has 0 spiro atoms. The summed E-state index contributed by atoms with van der Waals surface area (Å²) in [5.74, 6) is -1.09. The summed E-state index contributed by atoms with van der Waals surface area (Å²) in [6.07, 6.45) is 1.73. The molecule has 0 saturated carbocycles. The zero-order chi connectivity index (χ0) is 15.4. The second-order valence-electron chi connectivity index (χ2n) is 4.91. The second kappa shape index (κ2) is 6.53. The average molecular weight is 294 g/mol. The van der Waals surface area contributed by atoms with E-state index in [-0.39, 0.29) is 17.4 Å². The molecule has 1 N–H and O–H groups in total. The maximum absolute atomic E-state index is 11.1. The molecule has 7 heteroatoms. The Morgan fingerprint density at radius 3 is 2.67 bits per heavy atom. The van der Waals surface area contributed by atoms with Crippen LogP contribution in [0.25, 0.3) is 0 Å². The van der Waals surface area contributed by atoms with Gasteiger partial charge in [-0.05, 0) is 31.9 Å². The van der Waals surface area contributed by atoms with Gasteiger partial charge in [-0.3, -0.25) is 10.1 Å². The van der Waals surface area contributed by atoms with E-state index in [1.54, 1.807) is 0 Å². The number of carboxylic acids is 1. The highest BCUT2D eigenvalue weighted by Gasteiger charge is 2.26. The molecule has 21 heavy (non-hydrogen) atoms. The molecular weight excluding hydrogens is 276 g/mol. The van der Waals surface area contributed by atoms with Crippen LogP contribution in [-0.4, -0.2) is 41.8 Å². The Labute approximate surface area is 122 Å². The van der Waals surface area contributed by atoms with Crippen molar-refractivity contribution in [3.8, 4) is 0 Å². The Balaban J connectivity index is 2.23. The van der Waals surface area contributed by atoms with E-state index in [2.05, 4.69) is 0 Å². The second-order valence-corrected chi connectivity index (χ2v) is 4.91. The first-order chi connectivity index (χ1) is 10.0. The minimum Gasteiger partial charge on any atom is -0.478 e. The van der Waals surface area contributed by atoms with Gasteiger partial charge in [-0.25, -0.2) is 4.79 Å². The molecule has 0 radical (unpaired) electrons. The number of aromatic carboxylic acids is 1. The van der Waals surface area contributed by atoms with Crippen LogP contribution in [0.3, 0.4) is 0 Å². The Morgan fingerprint density at radius 2 is 2.14 bits per heavy atom. The van der Waals surface area contributed by atoms with E-state index in [1.165, 1.54) is 18.2 Å². The van der Waals surface area contributed by atoms with E-state index in [1.807, 2.05) is 11.8 Å². The van der Waals surface area contributed by atoms with E-state index in [4.69, 9.17) is 9.84 Å². The van der Waals surface area contributed by atoms with Crippen molar-refractivity contribution in [3.63, 3.8) is 0 Å². The summed E-state index contributed by atoms with van der Waals surface area (Å²) in [6, 6.07) is 3.89. The third kappa shape index (κ3) is 3.49. The molecular formula is C14H18N2O5. The maximum atomic E-state index is 11.1. The minimum atomic E-state index is -1.09. The van der Waals surface area contributed by atoms with Crippen LogP contribution in [0.4, 0.5) is 11.4 Å². The molecule has 1 aromatic rings. The Morgan fingerprint density at radius 1 is 1.48 bits per heavy atom. The lowest BCUT2D eigenvalue weighted by Crippen LogP contribution is -2.37. The van der Waals surface area contributed by atoms with Crippen molar-refractivity contribution < 1.29 is 19.6 Å². The van der Waals surface area contributed by atoms with Crippen LogP contribution >= 0.6 is 0 Å². The smallest absolute Gasteiger partial charge is 0.335 e. The van der Waals surface area contributed by atoms with Gasteiger partial charge in [0, 0.05) is 25.8 Å². The van der Waals surface area contributed by atoms with Gasteiger partial charge in [0.1, 0.15) is 5.69 Å². The number of carboxylic acid groups (broad SMARTS) is 1. The van der Waals surface area contributed by atoms with Gasteiger partial charge in [0.05, 0.1) is 16.6 Å². The summed E-state index contributed by atoms with van der Waals surface area (Å²) in [7, 11) is 0. The Bertz CT molecular complexity index is 538. The highest BCUT2D eigenvalue weighted by molar-refractivity contribution is 5.90. The molecule has 0 atom stereocenters. The first kappa shape index (κ1) is 15.2. The number of benzene rings is 1. The van der Waals surface area contributed by atoms with Crippen LogP contribution in [0.1, 0.15) is 30.1 Å². The van der Waals surface area contributed by atoms with Gasteiger partial charge in [0.15, 0.2) is 0 Å². The molecule has 0 amide bonds. The Hall–Kier alpha value is -2.15. The number of nitrogens with zero attached hydrogens (tertiary/aromatic N) is 2. The van der Waals surface area contributed by atoms with Gasteiger partial charge in [0.25, 0.3) is 5.69 Å². The normalized spacial score (nSPS) is 16.0. The molecule has 1 aliphatic heterocycles. The summed E-state index contributed by atoms with van der Waals surface area (Å²) < 4.78 is 5.55. The quantitative estimate of drug-likeness (QED) is 0.661. The lowest BCUT2D eigenvalue weighted by Gasteiger charge is -2.33. The number of ether oxygens (including phenoxy) is 1. The highest BCUT2D eigenvalue weighted by Crippen LogP contribution is 2.31. The lowest BCUT2D eigenvalue weighted by molar-refractivity contribution is -0.384. The van der Waals surface area contributed by atoms with Crippen molar-refractivity contribution >= 4 is 17.3 Å². The molecule has 1 aliphatic rings. The van der Waals surface area contributed by atoms with Crippen molar-refractivity contribution in [1.29, 1.82) is 0 Å². The van der Waals surface area contributed by atoms with E-state index in [9.17, 15) is 14.9 Å². The predicted molar refractivity (Wildman–Crippen MR) is 76.9 cm³/mol. The SMILES string of the molecule is CCOC1CCN(c2cc(C(=O)O)ccc2[N+](=O)[O-])CC1. The minimum absolute atomic E-state index is 0.0579. The molecule has 114 valence electrons. The summed E-state index contributed by atoms with van der Waals surface area (Å²) >= 11 is 0. The number of nitro benzene ring substituents is 1. The van der Waals surface area contributed by atoms with Crippen LogP contribution in [0, 0.1) is 10.1 Å². The van der Waals surface area contributed by atoms with E-state index >= 15 is 0 Å². The van der Waals surface area contributed by atoms with Crippen LogP contribution in [0.15, 0.2) is 18.2 Å². The van der Waals surface area contributed by atoms with E-state index in [0.29, 0.717) is 25.4 Å².